The van der Waals surface area contributed by atoms with Gasteiger partial charge >= 0.3 is 0 Å². The molecule has 104 valence electrons. The largest absolute Gasteiger partial charge is 0.335 e. The molecule has 0 aliphatic carbocycles. The SMILES string of the molecule is CC(C)N(CCC#N)C(=O)c1cncc(C#CCN)c1. The van der Waals surface area contributed by atoms with Gasteiger partial charge in [0.05, 0.1) is 24.6 Å². The Hall–Kier alpha value is -2.37. The first-order chi connectivity index (χ1) is 9.60. The fourth-order valence-corrected chi connectivity index (χ4v) is 1.71. The number of carbonyl (C=O) groups is 1. The number of rotatable bonds is 4. The summed E-state index contributed by atoms with van der Waals surface area (Å²) in [6, 6.07) is 3.77. The van der Waals surface area contributed by atoms with Gasteiger partial charge < -0.3 is 10.6 Å². The van der Waals surface area contributed by atoms with Gasteiger partial charge in [-0.1, -0.05) is 11.8 Å². The van der Waals surface area contributed by atoms with E-state index in [0.717, 1.165) is 0 Å². The van der Waals surface area contributed by atoms with Crippen molar-refractivity contribution in [2.45, 2.75) is 26.3 Å². The molecule has 0 saturated carbocycles. The molecule has 0 aromatic carbocycles. The van der Waals surface area contributed by atoms with Crippen molar-refractivity contribution in [2.75, 3.05) is 13.1 Å². The maximum Gasteiger partial charge on any atom is 0.255 e. The lowest BCUT2D eigenvalue weighted by Crippen LogP contribution is -2.37. The molecule has 2 N–H and O–H groups in total. The van der Waals surface area contributed by atoms with Crippen molar-refractivity contribution < 1.29 is 4.79 Å². The van der Waals surface area contributed by atoms with Gasteiger partial charge in [0.2, 0.25) is 0 Å². The molecule has 0 saturated heterocycles. The third-order valence-electron chi connectivity index (χ3n) is 2.67. The van der Waals surface area contributed by atoms with Crippen molar-refractivity contribution in [1.29, 1.82) is 5.26 Å². The normalized spacial score (nSPS) is 9.55. The van der Waals surface area contributed by atoms with E-state index in [0.29, 0.717) is 24.1 Å². The van der Waals surface area contributed by atoms with Crippen LogP contribution in [0.3, 0.4) is 0 Å². The number of amides is 1. The molecule has 0 spiro atoms. The van der Waals surface area contributed by atoms with Crippen LogP contribution in [0.2, 0.25) is 0 Å². The van der Waals surface area contributed by atoms with E-state index in [2.05, 4.69) is 22.9 Å². The summed E-state index contributed by atoms with van der Waals surface area (Å²) in [4.78, 5) is 18.1. The highest BCUT2D eigenvalue weighted by Crippen LogP contribution is 2.10. The summed E-state index contributed by atoms with van der Waals surface area (Å²) in [5.74, 6) is 5.44. The van der Waals surface area contributed by atoms with Crippen LogP contribution in [0.1, 0.15) is 36.2 Å². The number of carbonyl (C=O) groups excluding carboxylic acids is 1. The first kappa shape index (κ1) is 15.7. The molecule has 0 atom stereocenters. The minimum Gasteiger partial charge on any atom is -0.335 e. The van der Waals surface area contributed by atoms with E-state index in [1.165, 1.54) is 6.20 Å². The number of nitrogens with two attached hydrogens (primary N) is 1. The fraction of sp³-hybridized carbons (Fsp3) is 0.400. The first-order valence-electron chi connectivity index (χ1n) is 6.42. The molecule has 0 bridgehead atoms. The summed E-state index contributed by atoms with van der Waals surface area (Å²) in [6.45, 7) is 4.51. The van der Waals surface area contributed by atoms with Gasteiger partial charge in [-0.3, -0.25) is 9.78 Å². The van der Waals surface area contributed by atoms with E-state index in [1.807, 2.05) is 13.8 Å². The van der Waals surface area contributed by atoms with E-state index in [4.69, 9.17) is 11.0 Å². The zero-order valence-corrected chi connectivity index (χ0v) is 11.8. The Morgan fingerprint density at radius 2 is 2.25 bits per heavy atom. The lowest BCUT2D eigenvalue weighted by Gasteiger charge is -2.25. The maximum absolute atomic E-state index is 12.4. The minimum absolute atomic E-state index is 0.0228. The van der Waals surface area contributed by atoms with Crippen molar-refractivity contribution >= 4 is 5.91 Å². The monoisotopic (exact) mass is 270 g/mol. The predicted octanol–water partition coefficient (Wildman–Crippen LogP) is 1.16. The van der Waals surface area contributed by atoms with Crippen molar-refractivity contribution in [2.24, 2.45) is 5.73 Å². The van der Waals surface area contributed by atoms with Gasteiger partial charge in [-0.15, -0.1) is 0 Å². The Labute approximate surface area is 119 Å². The lowest BCUT2D eigenvalue weighted by molar-refractivity contribution is 0.0710. The number of nitrogens with zero attached hydrogens (tertiary/aromatic N) is 3. The lowest BCUT2D eigenvalue weighted by atomic mass is 10.1. The van der Waals surface area contributed by atoms with Gasteiger partial charge in [-0.25, -0.2) is 0 Å². The number of pyridine rings is 1. The van der Waals surface area contributed by atoms with Gasteiger partial charge in [0.15, 0.2) is 0 Å². The third kappa shape index (κ3) is 4.38. The van der Waals surface area contributed by atoms with Crippen LogP contribution in [0.5, 0.6) is 0 Å². The van der Waals surface area contributed by atoms with E-state index >= 15 is 0 Å². The van der Waals surface area contributed by atoms with Gasteiger partial charge in [0, 0.05) is 30.5 Å². The topological polar surface area (TPSA) is 83.0 Å². The third-order valence-corrected chi connectivity index (χ3v) is 2.67. The average molecular weight is 270 g/mol. The van der Waals surface area contributed by atoms with Crippen LogP contribution in [0.25, 0.3) is 0 Å². The number of hydrogen-bond acceptors (Lipinski definition) is 4. The van der Waals surface area contributed by atoms with Crippen LogP contribution in [0, 0.1) is 23.2 Å². The molecule has 1 aromatic heterocycles. The quantitative estimate of drug-likeness (QED) is 0.832. The molecule has 1 heterocycles. The Kier molecular flexibility index (Phi) is 6.22. The molecule has 0 aliphatic rings. The molecule has 5 heteroatoms. The molecular weight excluding hydrogens is 252 g/mol. The van der Waals surface area contributed by atoms with Gasteiger partial charge in [0.1, 0.15) is 0 Å². The molecule has 0 unspecified atom stereocenters. The van der Waals surface area contributed by atoms with E-state index in [-0.39, 0.29) is 18.5 Å². The van der Waals surface area contributed by atoms with Gasteiger partial charge in [-0.2, -0.15) is 5.26 Å². The van der Waals surface area contributed by atoms with Crippen molar-refractivity contribution in [3.05, 3.63) is 29.6 Å². The molecule has 1 aromatic rings. The van der Waals surface area contributed by atoms with Crippen molar-refractivity contribution in [1.82, 2.24) is 9.88 Å². The number of aromatic nitrogens is 1. The van der Waals surface area contributed by atoms with Gasteiger partial charge in [0.25, 0.3) is 5.91 Å². The second-order valence-corrected chi connectivity index (χ2v) is 4.47. The molecule has 5 nitrogen and oxygen atoms in total. The number of nitriles is 1. The van der Waals surface area contributed by atoms with E-state index < -0.39 is 0 Å². The first-order valence-corrected chi connectivity index (χ1v) is 6.42. The highest BCUT2D eigenvalue weighted by Gasteiger charge is 2.18. The smallest absolute Gasteiger partial charge is 0.255 e. The zero-order chi connectivity index (χ0) is 15.0. The van der Waals surface area contributed by atoms with Crippen LogP contribution in [-0.2, 0) is 0 Å². The summed E-state index contributed by atoms with van der Waals surface area (Å²) in [6.07, 6.45) is 3.41. The summed E-state index contributed by atoms with van der Waals surface area (Å²) in [5, 5.41) is 8.66. The van der Waals surface area contributed by atoms with E-state index in [9.17, 15) is 4.79 Å². The molecule has 0 aliphatic heterocycles. The molecule has 1 rings (SSSR count). The van der Waals surface area contributed by atoms with Crippen LogP contribution in [0.15, 0.2) is 18.5 Å². The Morgan fingerprint density at radius 1 is 1.50 bits per heavy atom. The van der Waals surface area contributed by atoms with Crippen LogP contribution in [-0.4, -0.2) is 34.9 Å². The zero-order valence-electron chi connectivity index (χ0n) is 11.8. The number of hydrogen-bond donors (Lipinski definition) is 1. The standard InChI is InChI=1S/C15H18N4O/c1-12(2)19(8-4-7-17)15(20)14-9-13(5-3-6-16)10-18-11-14/h9-12H,4,6,8,16H2,1-2H3. The van der Waals surface area contributed by atoms with E-state index in [1.54, 1.807) is 17.2 Å². The average Bonchev–Trinajstić information content (AvgIpc) is 2.45. The Balaban J connectivity index is 2.97. The predicted molar refractivity (Wildman–Crippen MR) is 76.6 cm³/mol. The second kappa shape index (κ2) is 7.93. The van der Waals surface area contributed by atoms with Crippen molar-refractivity contribution in [3.63, 3.8) is 0 Å². The Bertz CT molecular complexity index is 563. The highest BCUT2D eigenvalue weighted by atomic mass is 16.2. The molecule has 1 amide bonds. The highest BCUT2D eigenvalue weighted by molar-refractivity contribution is 5.94. The molecule has 0 radical (unpaired) electrons. The molecule has 0 fully saturated rings. The van der Waals surface area contributed by atoms with Crippen LogP contribution >= 0.6 is 0 Å². The van der Waals surface area contributed by atoms with Gasteiger partial charge in [-0.05, 0) is 19.9 Å². The summed E-state index contributed by atoms with van der Waals surface area (Å²) in [7, 11) is 0. The summed E-state index contributed by atoms with van der Waals surface area (Å²) >= 11 is 0. The van der Waals surface area contributed by atoms with Crippen molar-refractivity contribution in [3.8, 4) is 17.9 Å². The minimum atomic E-state index is -0.140. The maximum atomic E-state index is 12.4. The summed E-state index contributed by atoms with van der Waals surface area (Å²) < 4.78 is 0. The Morgan fingerprint density at radius 3 is 2.85 bits per heavy atom. The second-order valence-electron chi connectivity index (χ2n) is 4.47. The van der Waals surface area contributed by atoms with Crippen LogP contribution in [0.4, 0.5) is 0 Å². The molecular formula is C15H18N4O. The fourth-order valence-electron chi connectivity index (χ4n) is 1.71. The summed E-state index contributed by atoms with van der Waals surface area (Å²) in [5.41, 5.74) is 6.45. The molecule has 20 heavy (non-hydrogen) atoms. The van der Waals surface area contributed by atoms with Crippen LogP contribution < -0.4 is 5.73 Å².